The van der Waals surface area contributed by atoms with Crippen molar-refractivity contribution in [1.29, 1.82) is 0 Å². The van der Waals surface area contributed by atoms with Crippen molar-refractivity contribution in [2.45, 2.75) is 19.4 Å². The highest BCUT2D eigenvalue weighted by molar-refractivity contribution is 7.98. The second-order valence-electron chi connectivity index (χ2n) is 4.64. The Bertz CT molecular complexity index is 398. The Morgan fingerprint density at radius 2 is 1.79 bits per heavy atom. The molecule has 0 aromatic carbocycles. The van der Waals surface area contributed by atoms with E-state index in [1.54, 1.807) is 0 Å². The molecule has 1 aromatic rings. The number of hydrogen-bond donors (Lipinski definition) is 1. The molecule has 19 heavy (non-hydrogen) atoms. The molecule has 0 spiro atoms. The van der Waals surface area contributed by atoms with Gasteiger partial charge in [0.2, 0.25) is 17.8 Å². The van der Waals surface area contributed by atoms with Gasteiger partial charge in [0, 0.05) is 34.2 Å². The minimum Gasteiger partial charge on any atom is -0.357 e. The highest BCUT2D eigenvalue weighted by atomic mass is 32.2. The number of nitrogens with one attached hydrogen (secondary N) is 1. The molecule has 1 atom stereocenters. The van der Waals surface area contributed by atoms with E-state index in [4.69, 9.17) is 0 Å². The number of nitrogens with zero attached hydrogens (tertiary/aromatic N) is 5. The van der Waals surface area contributed by atoms with Gasteiger partial charge < -0.3 is 15.1 Å². The molecule has 0 aliphatic heterocycles. The van der Waals surface area contributed by atoms with Crippen LogP contribution in [0.2, 0.25) is 0 Å². The van der Waals surface area contributed by atoms with Crippen molar-refractivity contribution in [3.05, 3.63) is 0 Å². The summed E-state index contributed by atoms with van der Waals surface area (Å²) in [5.41, 5.74) is 0. The molecule has 1 aromatic heterocycles. The monoisotopic (exact) mass is 284 g/mol. The summed E-state index contributed by atoms with van der Waals surface area (Å²) >= 11 is 1.86. The van der Waals surface area contributed by atoms with Gasteiger partial charge in [-0.2, -0.15) is 26.7 Å². The standard InChI is InChI=1S/C12H24N6S/c1-9(7-8-19-6)18(5)12-15-10(13-2)14-11(16-12)17(3)4/h9H,7-8H2,1-6H3,(H,13,14,15,16). The van der Waals surface area contributed by atoms with Gasteiger partial charge >= 0.3 is 0 Å². The van der Waals surface area contributed by atoms with Gasteiger partial charge in [0.05, 0.1) is 0 Å². The van der Waals surface area contributed by atoms with Crippen LogP contribution in [0.25, 0.3) is 0 Å². The van der Waals surface area contributed by atoms with Crippen LogP contribution in [0.4, 0.5) is 17.8 Å². The van der Waals surface area contributed by atoms with Crippen molar-refractivity contribution in [2.75, 3.05) is 55.3 Å². The predicted octanol–water partition coefficient (Wildman–Crippen LogP) is 1.56. The third kappa shape index (κ3) is 4.41. The lowest BCUT2D eigenvalue weighted by atomic mass is 10.2. The Labute approximate surface area is 120 Å². The summed E-state index contributed by atoms with van der Waals surface area (Å²) in [5.74, 6) is 3.10. The summed E-state index contributed by atoms with van der Waals surface area (Å²) in [7, 11) is 7.69. The number of aromatic nitrogens is 3. The number of anilines is 3. The first-order valence-corrected chi connectivity index (χ1v) is 7.72. The maximum atomic E-state index is 4.49. The first-order chi connectivity index (χ1) is 8.99. The van der Waals surface area contributed by atoms with E-state index >= 15 is 0 Å². The molecule has 1 unspecified atom stereocenters. The molecule has 108 valence electrons. The molecule has 0 saturated carbocycles. The van der Waals surface area contributed by atoms with E-state index in [2.05, 4.69) is 38.3 Å². The molecule has 0 bridgehead atoms. The van der Waals surface area contributed by atoms with E-state index in [-0.39, 0.29) is 0 Å². The van der Waals surface area contributed by atoms with Gasteiger partial charge in [0.25, 0.3) is 0 Å². The zero-order chi connectivity index (χ0) is 14.4. The first-order valence-electron chi connectivity index (χ1n) is 6.32. The number of thioether (sulfide) groups is 1. The van der Waals surface area contributed by atoms with E-state index in [1.807, 2.05) is 44.9 Å². The molecule has 0 fully saturated rings. The SMILES string of the molecule is CNc1nc(N(C)C)nc(N(C)C(C)CCSC)n1. The van der Waals surface area contributed by atoms with Crippen LogP contribution in [0.15, 0.2) is 0 Å². The molecule has 0 saturated heterocycles. The highest BCUT2D eigenvalue weighted by Crippen LogP contribution is 2.17. The second-order valence-corrected chi connectivity index (χ2v) is 5.63. The third-order valence-electron chi connectivity index (χ3n) is 2.95. The Hall–Kier alpha value is -1.24. The van der Waals surface area contributed by atoms with Crippen molar-refractivity contribution in [1.82, 2.24) is 15.0 Å². The van der Waals surface area contributed by atoms with Crippen molar-refractivity contribution in [3.63, 3.8) is 0 Å². The van der Waals surface area contributed by atoms with Crippen LogP contribution in [0, 0.1) is 0 Å². The molecule has 1 N–H and O–H groups in total. The van der Waals surface area contributed by atoms with Gasteiger partial charge in [-0.3, -0.25) is 0 Å². The topological polar surface area (TPSA) is 57.2 Å². The van der Waals surface area contributed by atoms with Crippen LogP contribution in [-0.2, 0) is 0 Å². The maximum absolute atomic E-state index is 4.49. The van der Waals surface area contributed by atoms with Crippen LogP contribution in [0.3, 0.4) is 0 Å². The summed E-state index contributed by atoms with van der Waals surface area (Å²) in [4.78, 5) is 17.2. The fourth-order valence-corrected chi connectivity index (χ4v) is 2.08. The first kappa shape index (κ1) is 15.8. The molecular formula is C12H24N6S. The number of hydrogen-bond acceptors (Lipinski definition) is 7. The Morgan fingerprint density at radius 3 is 2.32 bits per heavy atom. The van der Waals surface area contributed by atoms with E-state index in [9.17, 15) is 0 Å². The van der Waals surface area contributed by atoms with Gasteiger partial charge in [-0.15, -0.1) is 0 Å². The maximum Gasteiger partial charge on any atom is 0.231 e. The minimum absolute atomic E-state index is 0.398. The van der Waals surface area contributed by atoms with Crippen molar-refractivity contribution in [2.24, 2.45) is 0 Å². The van der Waals surface area contributed by atoms with Crippen LogP contribution in [0.1, 0.15) is 13.3 Å². The highest BCUT2D eigenvalue weighted by Gasteiger charge is 2.15. The van der Waals surface area contributed by atoms with Gasteiger partial charge in [-0.1, -0.05) is 0 Å². The number of rotatable bonds is 7. The molecule has 1 rings (SSSR count). The zero-order valence-corrected chi connectivity index (χ0v) is 13.5. The molecule has 7 heteroatoms. The quantitative estimate of drug-likeness (QED) is 0.815. The molecule has 0 aliphatic carbocycles. The lowest BCUT2D eigenvalue weighted by Crippen LogP contribution is -2.31. The smallest absolute Gasteiger partial charge is 0.231 e. The van der Waals surface area contributed by atoms with Crippen LogP contribution >= 0.6 is 11.8 Å². The van der Waals surface area contributed by atoms with Gasteiger partial charge in [0.15, 0.2) is 0 Å². The normalized spacial score (nSPS) is 12.1. The molecule has 6 nitrogen and oxygen atoms in total. The molecule has 1 heterocycles. The fraction of sp³-hybridized carbons (Fsp3) is 0.750. The fourth-order valence-electron chi connectivity index (χ4n) is 1.50. The van der Waals surface area contributed by atoms with E-state index < -0.39 is 0 Å². The largest absolute Gasteiger partial charge is 0.357 e. The third-order valence-corrected chi connectivity index (χ3v) is 3.60. The predicted molar refractivity (Wildman–Crippen MR) is 84.6 cm³/mol. The van der Waals surface area contributed by atoms with Gasteiger partial charge in [0.1, 0.15) is 0 Å². The Balaban J connectivity index is 2.94. The van der Waals surface area contributed by atoms with Crippen LogP contribution < -0.4 is 15.1 Å². The average molecular weight is 284 g/mol. The van der Waals surface area contributed by atoms with Gasteiger partial charge in [-0.25, -0.2) is 0 Å². The lowest BCUT2D eigenvalue weighted by molar-refractivity contribution is 0.651. The summed E-state index contributed by atoms with van der Waals surface area (Å²) < 4.78 is 0. The summed E-state index contributed by atoms with van der Waals surface area (Å²) in [6.45, 7) is 2.19. The lowest BCUT2D eigenvalue weighted by Gasteiger charge is -2.25. The summed E-state index contributed by atoms with van der Waals surface area (Å²) in [6, 6.07) is 0.398. The molecule has 0 radical (unpaired) electrons. The van der Waals surface area contributed by atoms with Crippen molar-refractivity contribution in [3.8, 4) is 0 Å². The van der Waals surface area contributed by atoms with E-state index in [0.717, 1.165) is 12.2 Å². The van der Waals surface area contributed by atoms with Crippen molar-refractivity contribution >= 4 is 29.6 Å². The summed E-state index contributed by atoms with van der Waals surface area (Å²) in [5, 5.41) is 2.98. The minimum atomic E-state index is 0.398. The second kappa shape index (κ2) is 7.37. The molecular weight excluding hydrogens is 260 g/mol. The zero-order valence-electron chi connectivity index (χ0n) is 12.6. The van der Waals surface area contributed by atoms with Crippen molar-refractivity contribution < 1.29 is 0 Å². The summed E-state index contributed by atoms with van der Waals surface area (Å²) in [6.07, 6.45) is 3.23. The molecule has 0 aliphatic rings. The average Bonchev–Trinajstić information content (AvgIpc) is 2.43. The van der Waals surface area contributed by atoms with Crippen LogP contribution in [-0.4, -0.2) is 61.2 Å². The van der Waals surface area contributed by atoms with Crippen LogP contribution in [0.5, 0.6) is 0 Å². The Morgan fingerprint density at radius 1 is 1.16 bits per heavy atom. The van der Waals surface area contributed by atoms with E-state index in [0.29, 0.717) is 23.9 Å². The van der Waals surface area contributed by atoms with Gasteiger partial charge in [-0.05, 0) is 25.4 Å². The van der Waals surface area contributed by atoms with E-state index in [1.165, 1.54) is 0 Å². The Kier molecular flexibility index (Phi) is 6.14. The molecule has 0 amide bonds.